The molecule has 2 aliphatic heterocycles. The highest BCUT2D eigenvalue weighted by Gasteiger charge is 2.46. The minimum Gasteiger partial charge on any atom is -0.469 e. The fraction of sp³-hybridized carbons (Fsp3) is 0.870. The number of hydrogen-bond donors (Lipinski definition) is 2. The van der Waals surface area contributed by atoms with E-state index in [4.69, 9.17) is 18.9 Å². The van der Waals surface area contributed by atoms with Crippen molar-refractivity contribution >= 4 is 29.7 Å². The first-order chi connectivity index (χ1) is 17.0. The van der Waals surface area contributed by atoms with Crippen LogP contribution in [0.25, 0.3) is 0 Å². The highest BCUT2D eigenvalue weighted by Crippen LogP contribution is 2.36. The molecule has 2 fully saturated rings. The van der Waals surface area contributed by atoms with Gasteiger partial charge in [-0.25, -0.2) is 4.79 Å². The molecule has 3 atom stereocenters. The molecule has 2 heterocycles. The normalized spacial score (nSPS) is 21.1. The quantitative estimate of drug-likeness (QED) is 0.137. The van der Waals surface area contributed by atoms with Crippen LogP contribution in [0.4, 0.5) is 4.79 Å². The molecule has 0 bridgehead atoms. The van der Waals surface area contributed by atoms with Crippen LogP contribution in [0.3, 0.4) is 0 Å². The van der Waals surface area contributed by atoms with E-state index in [9.17, 15) is 14.4 Å². The molecule has 0 unspecified atom stereocenters. The zero-order chi connectivity index (χ0) is 25.3. The van der Waals surface area contributed by atoms with E-state index < -0.39 is 0 Å². The molecule has 11 nitrogen and oxygen atoms in total. The number of ether oxygens (including phenoxy) is 5. The molecule has 0 spiro atoms. The number of carbonyl (C=O) groups is 3. The molecular weight excluding hydrogens is 478 g/mol. The Balaban J connectivity index is 1.30. The number of likely N-dealkylation sites (N-methyl/N-ethyl adjacent to an activating group) is 1. The van der Waals surface area contributed by atoms with Crippen molar-refractivity contribution in [1.82, 2.24) is 15.5 Å². The largest absolute Gasteiger partial charge is 0.469 e. The molecule has 12 heteroatoms. The first-order valence-corrected chi connectivity index (χ1v) is 13.4. The predicted molar refractivity (Wildman–Crippen MR) is 132 cm³/mol. The number of thioether (sulfide) groups is 1. The molecule has 2 saturated heterocycles. The van der Waals surface area contributed by atoms with Gasteiger partial charge in [-0.3, -0.25) is 9.59 Å². The van der Waals surface area contributed by atoms with E-state index in [0.29, 0.717) is 71.1 Å². The Bertz CT molecular complexity index is 642. The number of fused-ring (bicyclic) bond motifs is 1. The molecule has 2 rings (SSSR count). The van der Waals surface area contributed by atoms with Gasteiger partial charge >= 0.3 is 12.0 Å². The fourth-order valence-electron chi connectivity index (χ4n) is 3.98. The van der Waals surface area contributed by atoms with Gasteiger partial charge in [0.15, 0.2) is 0 Å². The van der Waals surface area contributed by atoms with Crippen molar-refractivity contribution in [1.29, 1.82) is 0 Å². The first kappa shape index (κ1) is 29.6. The number of nitrogens with zero attached hydrogens (tertiary/aromatic N) is 1. The van der Waals surface area contributed by atoms with E-state index in [1.54, 1.807) is 0 Å². The number of carbonyl (C=O) groups excluding carboxylic acids is 3. The van der Waals surface area contributed by atoms with E-state index >= 15 is 0 Å². The summed E-state index contributed by atoms with van der Waals surface area (Å²) < 4.78 is 26.0. The summed E-state index contributed by atoms with van der Waals surface area (Å²) in [6.45, 7) is 3.97. The average Bonchev–Trinajstić information content (AvgIpc) is 3.37. The number of urea groups is 1. The van der Waals surface area contributed by atoms with Gasteiger partial charge in [0.05, 0.1) is 78.5 Å². The van der Waals surface area contributed by atoms with Gasteiger partial charge in [-0.05, 0) is 12.8 Å². The molecule has 35 heavy (non-hydrogen) atoms. The molecule has 0 aromatic heterocycles. The smallest absolute Gasteiger partial charge is 0.317 e. The van der Waals surface area contributed by atoms with E-state index in [1.807, 2.05) is 23.7 Å². The van der Waals surface area contributed by atoms with Gasteiger partial charge < -0.3 is 39.2 Å². The number of amides is 3. The predicted octanol–water partition coefficient (Wildman–Crippen LogP) is 0.800. The Labute approximate surface area is 212 Å². The van der Waals surface area contributed by atoms with Crippen molar-refractivity contribution < 1.29 is 38.1 Å². The minimum absolute atomic E-state index is 0.0276. The van der Waals surface area contributed by atoms with Crippen molar-refractivity contribution in [3.8, 4) is 0 Å². The second-order valence-electron chi connectivity index (χ2n) is 8.40. The zero-order valence-electron chi connectivity index (χ0n) is 21.0. The summed E-state index contributed by atoms with van der Waals surface area (Å²) in [4.78, 5) is 36.5. The molecule has 202 valence electrons. The second-order valence-corrected chi connectivity index (χ2v) is 9.67. The lowest BCUT2D eigenvalue weighted by Crippen LogP contribution is -2.38. The van der Waals surface area contributed by atoms with Crippen LogP contribution in [0.15, 0.2) is 0 Å². The second kappa shape index (κ2) is 17.8. The molecule has 2 N–H and O–H groups in total. The van der Waals surface area contributed by atoms with Crippen LogP contribution in [-0.2, 0) is 33.3 Å². The minimum atomic E-state index is -0.289. The van der Waals surface area contributed by atoms with Crippen LogP contribution < -0.4 is 10.6 Å². The fourth-order valence-corrected chi connectivity index (χ4v) is 5.62. The van der Waals surface area contributed by atoms with Gasteiger partial charge in [0.1, 0.15) is 0 Å². The summed E-state index contributed by atoms with van der Waals surface area (Å²) in [6.07, 6.45) is 3.61. The van der Waals surface area contributed by atoms with E-state index in [2.05, 4.69) is 15.4 Å². The third-order valence-electron chi connectivity index (χ3n) is 5.86. The van der Waals surface area contributed by atoms with Crippen molar-refractivity contribution in [2.45, 2.75) is 49.4 Å². The van der Waals surface area contributed by atoms with Crippen molar-refractivity contribution in [2.75, 3.05) is 79.3 Å². The lowest BCUT2D eigenvalue weighted by Gasteiger charge is -2.23. The van der Waals surface area contributed by atoms with Gasteiger partial charge in [0, 0.05) is 31.0 Å². The summed E-state index contributed by atoms with van der Waals surface area (Å²) in [5, 5.41) is 6.36. The van der Waals surface area contributed by atoms with Crippen molar-refractivity contribution in [2.24, 2.45) is 0 Å². The Kier molecular flexibility index (Phi) is 15.0. The van der Waals surface area contributed by atoms with Crippen LogP contribution in [0.5, 0.6) is 0 Å². The van der Waals surface area contributed by atoms with Gasteiger partial charge in [-0.15, -0.1) is 0 Å². The molecule has 3 amide bonds. The van der Waals surface area contributed by atoms with Crippen molar-refractivity contribution in [3.63, 3.8) is 0 Å². The summed E-state index contributed by atoms with van der Waals surface area (Å²) in [5.41, 5.74) is 0. The molecule has 0 aromatic carbocycles. The maximum absolute atomic E-state index is 12.0. The van der Waals surface area contributed by atoms with Crippen LogP contribution in [-0.4, -0.2) is 119 Å². The number of methoxy groups -OCH3 is 1. The number of hydrogen-bond acceptors (Lipinski definition) is 9. The highest BCUT2D eigenvalue weighted by molar-refractivity contribution is 8.00. The first-order valence-electron chi connectivity index (χ1n) is 12.3. The van der Waals surface area contributed by atoms with Crippen molar-refractivity contribution in [3.05, 3.63) is 0 Å². The van der Waals surface area contributed by atoms with Crippen LogP contribution in [0.2, 0.25) is 0 Å². The number of unbranched alkanes of at least 4 members (excludes halogenated alkanes) is 1. The maximum Gasteiger partial charge on any atom is 0.317 e. The molecule has 2 aliphatic rings. The Hall–Kier alpha value is -1.60. The van der Waals surface area contributed by atoms with Gasteiger partial charge in [0.2, 0.25) is 5.91 Å². The van der Waals surface area contributed by atoms with Crippen LogP contribution in [0.1, 0.15) is 32.1 Å². The van der Waals surface area contributed by atoms with Gasteiger partial charge in [-0.2, -0.15) is 11.8 Å². The third kappa shape index (κ3) is 11.8. The highest BCUT2D eigenvalue weighted by atomic mass is 32.2. The molecular formula is C23H41N3O8S. The van der Waals surface area contributed by atoms with Gasteiger partial charge in [0.25, 0.3) is 0 Å². The summed E-state index contributed by atoms with van der Waals surface area (Å²) in [5.74, 6) is 0.728. The third-order valence-corrected chi connectivity index (χ3v) is 7.36. The number of nitrogens with one attached hydrogen (secondary N) is 2. The average molecular weight is 520 g/mol. The summed E-state index contributed by atoms with van der Waals surface area (Å²) in [6, 6.07) is 0.570. The number of esters is 1. The topological polar surface area (TPSA) is 125 Å². The standard InChI is InChI=1S/C23H41N3O8S/c1-26-22-18(25-23(26)29)17-35-19(22)5-3-4-6-20(27)24-8-10-32-12-14-34-16-15-33-13-11-31-9-7-21(28)30-2/h18-19,22H,3-17H2,1-2H3,(H,24,27)(H,25,29)/t18-,19-,22-/m0/s1. The van der Waals surface area contributed by atoms with E-state index in [0.717, 1.165) is 25.0 Å². The molecule has 0 radical (unpaired) electrons. The Morgan fingerprint density at radius 1 is 0.971 bits per heavy atom. The summed E-state index contributed by atoms with van der Waals surface area (Å²) >= 11 is 1.92. The SMILES string of the molecule is COC(=O)CCOCCOCCOCCOCCNC(=O)CCCC[C@@H]1SC[C@@H]2NC(=O)N(C)[C@@H]21. The van der Waals surface area contributed by atoms with Crippen LogP contribution >= 0.6 is 11.8 Å². The Morgan fingerprint density at radius 3 is 2.26 bits per heavy atom. The van der Waals surface area contributed by atoms with Crippen LogP contribution in [0, 0.1) is 0 Å². The molecule has 0 saturated carbocycles. The lowest BCUT2D eigenvalue weighted by molar-refractivity contribution is -0.142. The van der Waals surface area contributed by atoms with E-state index in [-0.39, 0.29) is 36.4 Å². The van der Waals surface area contributed by atoms with E-state index in [1.165, 1.54) is 7.11 Å². The van der Waals surface area contributed by atoms with Gasteiger partial charge in [-0.1, -0.05) is 6.42 Å². The Morgan fingerprint density at radius 2 is 1.60 bits per heavy atom. The molecule has 0 aliphatic carbocycles. The molecule has 0 aromatic rings. The zero-order valence-corrected chi connectivity index (χ0v) is 21.8. The lowest BCUT2D eigenvalue weighted by atomic mass is 10.0. The summed E-state index contributed by atoms with van der Waals surface area (Å²) in [7, 11) is 3.22. The maximum atomic E-state index is 12.0. The number of rotatable bonds is 20. The monoisotopic (exact) mass is 519 g/mol.